The van der Waals surface area contributed by atoms with Gasteiger partial charge in [-0.25, -0.2) is 22.8 Å². The first-order valence-corrected chi connectivity index (χ1v) is 15.8. The highest BCUT2D eigenvalue weighted by molar-refractivity contribution is 7.90. The van der Waals surface area contributed by atoms with E-state index in [1.54, 1.807) is 19.5 Å². The third kappa shape index (κ3) is 6.39. The zero-order chi connectivity index (χ0) is 30.9. The van der Waals surface area contributed by atoms with Gasteiger partial charge in [-0.3, -0.25) is 9.69 Å². The number of piperazine rings is 1. The summed E-state index contributed by atoms with van der Waals surface area (Å²) in [5, 5.41) is 6.74. The van der Waals surface area contributed by atoms with E-state index in [2.05, 4.69) is 49.4 Å². The summed E-state index contributed by atoms with van der Waals surface area (Å²) in [5.74, 6) is -0.946. The molecule has 11 nitrogen and oxygen atoms in total. The molecule has 1 saturated heterocycles. The van der Waals surface area contributed by atoms with Gasteiger partial charge in [-0.15, -0.1) is 0 Å². The molecule has 3 heterocycles. The highest BCUT2D eigenvalue weighted by Crippen LogP contribution is 2.34. The molecular formula is C30H36FN7O4S. The van der Waals surface area contributed by atoms with Gasteiger partial charge < -0.3 is 25.3 Å². The Labute approximate surface area is 250 Å². The van der Waals surface area contributed by atoms with Gasteiger partial charge >= 0.3 is 0 Å². The number of ether oxygens (including phenoxy) is 1. The number of nitrogens with zero attached hydrogens (tertiary/aromatic N) is 4. The van der Waals surface area contributed by atoms with Crippen molar-refractivity contribution in [3.8, 4) is 11.3 Å². The molecule has 0 bridgehead atoms. The van der Waals surface area contributed by atoms with Crippen LogP contribution in [0.4, 0.5) is 21.7 Å². The van der Waals surface area contributed by atoms with Crippen molar-refractivity contribution in [3.63, 3.8) is 0 Å². The van der Waals surface area contributed by atoms with Crippen molar-refractivity contribution < 1.29 is 22.3 Å². The summed E-state index contributed by atoms with van der Waals surface area (Å²) in [4.78, 5) is 29.8. The van der Waals surface area contributed by atoms with Crippen LogP contribution in [-0.2, 0) is 19.4 Å². The molecule has 1 amide bonds. The van der Waals surface area contributed by atoms with Gasteiger partial charge in [0, 0.05) is 62.4 Å². The van der Waals surface area contributed by atoms with E-state index < -0.39 is 26.6 Å². The number of H-pyrrole nitrogens is 1. The average molecular weight is 610 g/mol. The highest BCUT2D eigenvalue weighted by atomic mass is 32.2. The van der Waals surface area contributed by atoms with Crippen LogP contribution in [0.1, 0.15) is 12.5 Å². The number of hydrogen-bond donors (Lipinski definition) is 3. The smallest absolute Gasteiger partial charge is 0.244 e. The summed E-state index contributed by atoms with van der Waals surface area (Å²) in [5.41, 5.74) is 3.43. The molecule has 0 saturated carbocycles. The van der Waals surface area contributed by atoms with Gasteiger partial charge in [0.2, 0.25) is 11.9 Å². The third-order valence-corrected chi connectivity index (χ3v) is 8.83. The van der Waals surface area contributed by atoms with Gasteiger partial charge in [0.05, 0.1) is 29.2 Å². The number of methoxy groups -OCH3 is 1. The second kappa shape index (κ2) is 12.4. The molecule has 0 radical (unpaired) electrons. The second-order valence-electron chi connectivity index (χ2n) is 11.0. The predicted molar refractivity (Wildman–Crippen MR) is 165 cm³/mol. The number of sulfone groups is 1. The van der Waals surface area contributed by atoms with Crippen molar-refractivity contribution in [2.45, 2.75) is 30.8 Å². The Morgan fingerprint density at radius 3 is 2.67 bits per heavy atom. The quantitative estimate of drug-likeness (QED) is 0.259. The van der Waals surface area contributed by atoms with Crippen LogP contribution in [0.2, 0.25) is 0 Å². The van der Waals surface area contributed by atoms with Gasteiger partial charge in [0.1, 0.15) is 10.9 Å². The topological polar surface area (TPSA) is 133 Å². The zero-order valence-electron chi connectivity index (χ0n) is 24.8. The third-order valence-electron chi connectivity index (χ3n) is 7.72. The fourth-order valence-corrected chi connectivity index (χ4v) is 6.32. The number of likely N-dealkylation sites (N-methyl/N-ethyl adjacent to an activating group) is 1. The molecule has 0 aliphatic carbocycles. The lowest BCUT2D eigenvalue weighted by Gasteiger charge is -2.41. The number of aryl methyl sites for hydroxylation is 1. The Hall–Kier alpha value is -3.91. The van der Waals surface area contributed by atoms with Crippen molar-refractivity contribution in [2.24, 2.45) is 0 Å². The maximum atomic E-state index is 15.0. The average Bonchev–Trinajstić information content (AvgIpc) is 3.38. The molecule has 1 fully saturated rings. The lowest BCUT2D eigenvalue weighted by Crippen LogP contribution is -2.58. The predicted octanol–water partition coefficient (Wildman–Crippen LogP) is 3.81. The standard InChI is InChI=1S/C30H36FN7O4S/c1-18-14-33-30(35-22-9-7-11-25(26(22)31)43(5,40)41)36-27(18)21-15-32-28-20(21)8-6-10-23(28)34-29(39)24(17-42-4)38-13-12-37(3)16-19(38)2/h6-11,14-15,19,24,32H,12-13,16-17H2,1-5H3,(H,34,39)(H,33,35,36). The second-order valence-corrected chi connectivity index (χ2v) is 13.0. The molecule has 0 spiro atoms. The van der Waals surface area contributed by atoms with Crippen LogP contribution in [-0.4, -0.2) is 97.8 Å². The van der Waals surface area contributed by atoms with Crippen molar-refractivity contribution in [3.05, 3.63) is 60.2 Å². The number of hydrogen-bond acceptors (Lipinski definition) is 9. The number of nitrogens with one attached hydrogen (secondary N) is 3. The van der Waals surface area contributed by atoms with Crippen LogP contribution in [0, 0.1) is 12.7 Å². The first-order chi connectivity index (χ1) is 20.5. The number of halogens is 1. The van der Waals surface area contributed by atoms with E-state index in [4.69, 9.17) is 4.74 Å². The number of rotatable bonds is 9. The van der Waals surface area contributed by atoms with E-state index >= 15 is 0 Å². The number of anilines is 3. The van der Waals surface area contributed by atoms with Gasteiger partial charge in [-0.2, -0.15) is 0 Å². The first-order valence-electron chi connectivity index (χ1n) is 13.9. The molecule has 2 atom stereocenters. The largest absolute Gasteiger partial charge is 0.383 e. The van der Waals surface area contributed by atoms with Gasteiger partial charge in [-0.05, 0) is 44.7 Å². The van der Waals surface area contributed by atoms with Gasteiger partial charge in [0.15, 0.2) is 15.7 Å². The Balaban J connectivity index is 1.44. The molecule has 1 aliphatic heterocycles. The zero-order valence-corrected chi connectivity index (χ0v) is 25.6. The van der Waals surface area contributed by atoms with E-state index in [-0.39, 0.29) is 30.2 Å². The molecule has 2 aromatic carbocycles. The van der Waals surface area contributed by atoms with E-state index in [0.717, 1.165) is 47.9 Å². The van der Waals surface area contributed by atoms with Crippen molar-refractivity contribution >= 4 is 44.0 Å². The number of amides is 1. The first kappa shape index (κ1) is 30.5. The van der Waals surface area contributed by atoms with Crippen LogP contribution in [0.5, 0.6) is 0 Å². The van der Waals surface area contributed by atoms with E-state index in [1.807, 2.05) is 25.1 Å². The monoisotopic (exact) mass is 609 g/mol. The highest BCUT2D eigenvalue weighted by Gasteiger charge is 2.33. The van der Waals surface area contributed by atoms with E-state index in [0.29, 0.717) is 11.4 Å². The molecule has 5 rings (SSSR count). The Morgan fingerprint density at radius 2 is 1.95 bits per heavy atom. The molecule has 4 aromatic rings. The molecular weight excluding hydrogens is 573 g/mol. The van der Waals surface area contributed by atoms with E-state index in [9.17, 15) is 17.6 Å². The maximum Gasteiger partial charge on any atom is 0.244 e. The number of fused-ring (bicyclic) bond motifs is 1. The molecule has 228 valence electrons. The Morgan fingerprint density at radius 1 is 1.21 bits per heavy atom. The van der Waals surface area contributed by atoms with Crippen molar-refractivity contribution in [1.82, 2.24) is 24.8 Å². The molecule has 2 unspecified atom stereocenters. The van der Waals surface area contributed by atoms with Gasteiger partial charge in [0.25, 0.3) is 0 Å². The van der Waals surface area contributed by atoms with Crippen LogP contribution < -0.4 is 10.6 Å². The summed E-state index contributed by atoms with van der Waals surface area (Å²) in [6.07, 6.45) is 4.37. The van der Waals surface area contributed by atoms with Crippen LogP contribution in [0.25, 0.3) is 22.2 Å². The Bertz CT molecular complexity index is 1760. The normalized spacial score (nSPS) is 17.2. The Kier molecular flexibility index (Phi) is 8.79. The maximum absolute atomic E-state index is 15.0. The number of carbonyl (C=O) groups is 1. The number of aromatic amines is 1. The van der Waals surface area contributed by atoms with Crippen molar-refractivity contribution in [2.75, 3.05) is 57.3 Å². The fraction of sp³-hybridized carbons (Fsp3) is 0.367. The summed E-state index contributed by atoms with van der Waals surface area (Å²) in [6, 6.07) is 9.47. The fourth-order valence-electron chi connectivity index (χ4n) is 5.56. The summed E-state index contributed by atoms with van der Waals surface area (Å²) in [6.45, 7) is 6.76. The number of benzene rings is 2. The summed E-state index contributed by atoms with van der Waals surface area (Å²) >= 11 is 0. The SMILES string of the molecule is COCC(C(=O)Nc1cccc2c(-c3nc(Nc4cccc(S(C)(=O)=O)c4F)ncc3C)c[nH]c12)N1CCN(C)CC1C. The lowest BCUT2D eigenvalue weighted by molar-refractivity contribution is -0.125. The molecule has 2 aromatic heterocycles. The van der Waals surface area contributed by atoms with Crippen LogP contribution in [0.15, 0.2) is 53.7 Å². The summed E-state index contributed by atoms with van der Waals surface area (Å²) < 4.78 is 44.4. The summed E-state index contributed by atoms with van der Waals surface area (Å²) in [7, 11) is -0.0781. The molecule has 1 aliphatic rings. The molecule has 13 heteroatoms. The van der Waals surface area contributed by atoms with Gasteiger partial charge in [-0.1, -0.05) is 18.2 Å². The minimum atomic E-state index is -3.76. The van der Waals surface area contributed by atoms with Crippen LogP contribution in [0.3, 0.4) is 0 Å². The minimum Gasteiger partial charge on any atom is -0.383 e. The van der Waals surface area contributed by atoms with E-state index in [1.165, 1.54) is 18.2 Å². The number of aromatic nitrogens is 3. The molecule has 3 N–H and O–H groups in total. The lowest BCUT2D eigenvalue weighted by atomic mass is 10.1. The van der Waals surface area contributed by atoms with Crippen molar-refractivity contribution in [1.29, 1.82) is 0 Å². The van der Waals surface area contributed by atoms with Crippen LogP contribution >= 0.6 is 0 Å². The minimum absolute atomic E-state index is 0.0538. The molecule has 43 heavy (non-hydrogen) atoms. The number of carbonyl (C=O) groups excluding carboxylic acids is 1. The number of para-hydroxylation sites is 1.